The van der Waals surface area contributed by atoms with Crippen LogP contribution >= 0.6 is 0 Å². The van der Waals surface area contributed by atoms with Crippen molar-refractivity contribution in [3.63, 3.8) is 0 Å². The summed E-state index contributed by atoms with van der Waals surface area (Å²) in [6, 6.07) is 0. The molecule has 0 atom stereocenters. The van der Waals surface area contributed by atoms with E-state index in [0.29, 0.717) is 5.92 Å². The summed E-state index contributed by atoms with van der Waals surface area (Å²) in [6.45, 7) is 4.38. The van der Waals surface area contributed by atoms with Crippen LogP contribution in [-0.2, 0) is 17.1 Å². The summed E-state index contributed by atoms with van der Waals surface area (Å²) < 4.78 is 0. The van der Waals surface area contributed by atoms with Crippen molar-refractivity contribution in [3.05, 3.63) is 23.8 Å². The van der Waals surface area contributed by atoms with E-state index >= 15 is 0 Å². The molecule has 0 heterocycles. The van der Waals surface area contributed by atoms with Crippen LogP contribution in [0.5, 0.6) is 0 Å². The number of hydrogen-bond acceptors (Lipinski definition) is 0. The van der Waals surface area contributed by atoms with E-state index in [4.69, 9.17) is 0 Å². The fraction of sp³-hybridized carbons (Fsp3) is 0.500. The van der Waals surface area contributed by atoms with Gasteiger partial charge in [-0.3, -0.25) is 6.08 Å². The monoisotopic (exact) mass is 180 g/mol. The van der Waals surface area contributed by atoms with Crippen molar-refractivity contribution in [1.29, 1.82) is 0 Å². The summed E-state index contributed by atoms with van der Waals surface area (Å²) in [6.07, 6.45) is 8.59. The van der Waals surface area contributed by atoms with E-state index in [1.54, 1.807) is 0 Å². The summed E-state index contributed by atoms with van der Waals surface area (Å²) in [4.78, 5) is 0. The zero-order chi connectivity index (χ0) is 5.98. The molecule has 0 aromatic rings. The van der Waals surface area contributed by atoms with Gasteiger partial charge in [0.15, 0.2) is 0 Å². The Bertz CT molecular complexity index is 136. The maximum atomic E-state index is 3.26. The van der Waals surface area contributed by atoms with Crippen molar-refractivity contribution in [2.45, 2.75) is 20.3 Å². The molecule has 0 fully saturated rings. The van der Waals surface area contributed by atoms with Crippen molar-refractivity contribution in [1.82, 2.24) is 0 Å². The molecule has 2 heteroatoms. The molecule has 1 nitrogen and oxygen atoms in total. The van der Waals surface area contributed by atoms with Gasteiger partial charge in [-0.1, -0.05) is 19.8 Å². The average Bonchev–Trinajstić information content (AvgIpc) is 2.12. The molecule has 1 aliphatic rings. The molecule has 2 N–H and O–H groups in total. The fourth-order valence-corrected chi connectivity index (χ4v) is 0.818. The molecule has 0 aromatic carbocycles. The third kappa shape index (κ3) is 3.21. The minimum absolute atomic E-state index is 0. The molecular formula is C8H13MnO-. The second kappa shape index (κ2) is 5.72. The maximum absolute atomic E-state index is 3.26. The van der Waals surface area contributed by atoms with E-state index in [-0.39, 0.29) is 22.5 Å². The molecule has 59 valence electrons. The molecule has 0 aliphatic heterocycles. The van der Waals surface area contributed by atoms with Gasteiger partial charge in [0, 0.05) is 17.1 Å². The Morgan fingerprint density at radius 3 is 2.30 bits per heavy atom. The molecule has 0 aromatic heterocycles. The van der Waals surface area contributed by atoms with Gasteiger partial charge < -0.3 is 5.48 Å². The van der Waals surface area contributed by atoms with Crippen LogP contribution < -0.4 is 0 Å². The summed E-state index contributed by atoms with van der Waals surface area (Å²) in [7, 11) is 0. The van der Waals surface area contributed by atoms with Crippen LogP contribution in [0.2, 0.25) is 0 Å². The van der Waals surface area contributed by atoms with Gasteiger partial charge in [0.1, 0.15) is 0 Å². The summed E-state index contributed by atoms with van der Waals surface area (Å²) in [5.74, 6) is 0.661. The van der Waals surface area contributed by atoms with Gasteiger partial charge in [0.2, 0.25) is 0 Å². The molecular weight excluding hydrogens is 167 g/mol. The Morgan fingerprint density at radius 2 is 2.10 bits per heavy atom. The standard InChI is InChI=1S/C8H11.Mn.H2O/c1-7(2)8-5-3-4-6-8;;/h3,5,7H,4H2,1-2H3;;1H2/q-1;;. The van der Waals surface area contributed by atoms with Gasteiger partial charge in [-0.2, -0.15) is 6.08 Å². The number of rotatable bonds is 1. The normalized spacial score (nSPS) is 14.1. The van der Waals surface area contributed by atoms with E-state index in [0.717, 1.165) is 6.42 Å². The summed E-state index contributed by atoms with van der Waals surface area (Å²) in [5, 5.41) is 0. The van der Waals surface area contributed by atoms with Crippen molar-refractivity contribution in [2.75, 3.05) is 0 Å². The van der Waals surface area contributed by atoms with E-state index in [9.17, 15) is 0 Å². The predicted octanol–water partition coefficient (Wildman–Crippen LogP) is 1.50. The molecule has 0 spiro atoms. The molecule has 10 heavy (non-hydrogen) atoms. The van der Waals surface area contributed by atoms with Gasteiger partial charge in [-0.15, -0.1) is 6.42 Å². The van der Waals surface area contributed by atoms with Crippen molar-refractivity contribution < 1.29 is 22.5 Å². The zero-order valence-electron chi connectivity index (χ0n) is 6.32. The Hall–Kier alpha value is -0.0405. The number of allylic oxidation sites excluding steroid dienone is 4. The smallest absolute Gasteiger partial charge is 0 e. The van der Waals surface area contributed by atoms with Crippen LogP contribution in [0, 0.1) is 12.0 Å². The second-order valence-corrected chi connectivity index (χ2v) is 2.39. The van der Waals surface area contributed by atoms with Gasteiger partial charge in [0.05, 0.1) is 0 Å². The molecule has 1 rings (SSSR count). The molecule has 1 aliphatic carbocycles. The molecule has 0 saturated carbocycles. The first-order chi connectivity index (χ1) is 3.80. The van der Waals surface area contributed by atoms with Crippen LogP contribution in [0.1, 0.15) is 20.3 Å². The topological polar surface area (TPSA) is 31.5 Å². The average molecular weight is 180 g/mol. The van der Waals surface area contributed by atoms with Gasteiger partial charge in [-0.25, -0.2) is 11.6 Å². The molecule has 0 amide bonds. The third-order valence-corrected chi connectivity index (χ3v) is 1.34. The van der Waals surface area contributed by atoms with Crippen molar-refractivity contribution >= 4 is 0 Å². The minimum Gasteiger partial charge on any atom is -0.412 e. The predicted molar refractivity (Wildman–Crippen MR) is 39.0 cm³/mol. The molecule has 0 unspecified atom stereocenters. The Kier molecular flexibility index (Phi) is 7.22. The van der Waals surface area contributed by atoms with Crippen molar-refractivity contribution in [2.24, 2.45) is 5.92 Å². The van der Waals surface area contributed by atoms with Crippen LogP contribution in [-0.4, -0.2) is 5.48 Å². The first kappa shape index (κ1) is 12.6. The van der Waals surface area contributed by atoms with E-state index in [2.05, 4.69) is 32.1 Å². The largest absolute Gasteiger partial charge is 0.412 e. The SMILES string of the molecule is CC(C)C1=[C-]CC=C1.O.[Mn]. The summed E-state index contributed by atoms with van der Waals surface area (Å²) >= 11 is 0. The maximum Gasteiger partial charge on any atom is 0 e. The second-order valence-electron chi connectivity index (χ2n) is 2.39. The summed E-state index contributed by atoms with van der Waals surface area (Å²) in [5.41, 5.74) is 1.37. The van der Waals surface area contributed by atoms with E-state index in [1.807, 2.05) is 0 Å². The molecule has 0 saturated heterocycles. The van der Waals surface area contributed by atoms with Gasteiger partial charge in [-0.05, 0) is 0 Å². The van der Waals surface area contributed by atoms with Crippen molar-refractivity contribution in [3.8, 4) is 0 Å². The van der Waals surface area contributed by atoms with E-state index < -0.39 is 0 Å². The van der Waals surface area contributed by atoms with Gasteiger partial charge in [0.25, 0.3) is 0 Å². The molecule has 0 bridgehead atoms. The quantitative estimate of drug-likeness (QED) is 0.432. The first-order valence-corrected chi connectivity index (χ1v) is 3.08. The van der Waals surface area contributed by atoms with Crippen LogP contribution in [0.25, 0.3) is 0 Å². The van der Waals surface area contributed by atoms with Crippen LogP contribution in [0.15, 0.2) is 17.7 Å². The number of hydrogen-bond donors (Lipinski definition) is 0. The Labute approximate surface area is 73.0 Å². The first-order valence-electron chi connectivity index (χ1n) is 3.08. The Morgan fingerprint density at radius 1 is 1.50 bits per heavy atom. The van der Waals surface area contributed by atoms with Gasteiger partial charge >= 0.3 is 0 Å². The third-order valence-electron chi connectivity index (χ3n) is 1.34. The van der Waals surface area contributed by atoms with Crippen LogP contribution in [0.3, 0.4) is 0 Å². The zero-order valence-corrected chi connectivity index (χ0v) is 7.50. The Balaban J connectivity index is 0. The minimum atomic E-state index is 0. The van der Waals surface area contributed by atoms with E-state index in [1.165, 1.54) is 5.57 Å². The molecule has 1 radical (unpaired) electrons. The fourth-order valence-electron chi connectivity index (χ4n) is 0.818. The van der Waals surface area contributed by atoms with Crippen LogP contribution in [0.4, 0.5) is 0 Å².